The summed E-state index contributed by atoms with van der Waals surface area (Å²) in [6.45, 7) is 4.58. The van der Waals surface area contributed by atoms with Gasteiger partial charge < -0.3 is 10.2 Å². The fraction of sp³-hybridized carbons (Fsp3) is 0.846. The van der Waals surface area contributed by atoms with E-state index < -0.39 is 0 Å². The Morgan fingerprint density at radius 2 is 2.33 bits per heavy atom. The van der Waals surface area contributed by atoms with E-state index in [2.05, 4.69) is 19.9 Å². The molecule has 2 aliphatic carbocycles. The lowest BCUT2D eigenvalue weighted by Crippen LogP contribution is -2.39. The zero-order valence-corrected chi connectivity index (χ0v) is 9.74. The molecule has 2 N–H and O–H groups in total. The van der Waals surface area contributed by atoms with Crippen molar-refractivity contribution in [1.29, 1.82) is 0 Å². The van der Waals surface area contributed by atoms with Gasteiger partial charge in [0, 0.05) is 12.5 Å². The van der Waals surface area contributed by atoms with Gasteiger partial charge in [-0.25, -0.2) is 0 Å². The number of fused-ring (bicyclic) bond motifs is 1. The lowest BCUT2D eigenvalue weighted by molar-refractivity contribution is 0.00652. The van der Waals surface area contributed by atoms with Gasteiger partial charge in [0.15, 0.2) is 0 Å². The molecule has 0 saturated heterocycles. The van der Waals surface area contributed by atoms with E-state index in [4.69, 9.17) is 0 Å². The Morgan fingerprint density at radius 3 is 3.00 bits per heavy atom. The maximum atomic E-state index is 10.0. The van der Waals surface area contributed by atoms with Crippen LogP contribution in [0.2, 0.25) is 0 Å². The molecule has 0 heterocycles. The van der Waals surface area contributed by atoms with Gasteiger partial charge in [-0.3, -0.25) is 0 Å². The van der Waals surface area contributed by atoms with Crippen LogP contribution in [0.4, 0.5) is 0 Å². The van der Waals surface area contributed by atoms with E-state index >= 15 is 0 Å². The van der Waals surface area contributed by atoms with Crippen LogP contribution in [0.3, 0.4) is 0 Å². The monoisotopic (exact) mass is 210 g/mol. The van der Waals surface area contributed by atoms with Gasteiger partial charge >= 0.3 is 0 Å². The number of allylic oxidation sites excluding steroid dienone is 1. The molecule has 0 radical (unpaired) electrons. The van der Waals surface area contributed by atoms with Gasteiger partial charge in [-0.2, -0.15) is 0 Å². The molecule has 2 rings (SSSR count). The second-order valence-electron chi connectivity index (χ2n) is 5.46. The molecule has 1 saturated carbocycles. The van der Waals surface area contributed by atoms with Crippen LogP contribution >= 0.6 is 0 Å². The van der Waals surface area contributed by atoms with E-state index in [0.717, 1.165) is 19.3 Å². The van der Waals surface area contributed by atoms with Crippen molar-refractivity contribution < 1.29 is 10.2 Å². The average Bonchev–Trinajstić information content (AvgIpc) is 2.56. The molecule has 1 fully saturated rings. The third kappa shape index (κ3) is 1.64. The number of rotatable bonds is 2. The predicted molar refractivity (Wildman–Crippen MR) is 60.4 cm³/mol. The lowest BCUT2D eigenvalue weighted by Gasteiger charge is -2.43. The van der Waals surface area contributed by atoms with Gasteiger partial charge in [-0.1, -0.05) is 25.5 Å². The molecule has 0 unspecified atom stereocenters. The zero-order valence-electron chi connectivity index (χ0n) is 9.74. The quantitative estimate of drug-likeness (QED) is 0.685. The fourth-order valence-corrected chi connectivity index (χ4v) is 3.61. The number of hydrogen-bond acceptors (Lipinski definition) is 2. The highest BCUT2D eigenvalue weighted by Crippen LogP contribution is 2.54. The molecule has 0 aromatic heterocycles. The summed E-state index contributed by atoms with van der Waals surface area (Å²) in [6, 6.07) is 0. The number of aliphatic hydroxyl groups is 2. The van der Waals surface area contributed by atoms with Crippen LogP contribution in [0.15, 0.2) is 11.6 Å². The number of aliphatic hydroxyl groups excluding tert-OH is 2. The van der Waals surface area contributed by atoms with Crippen molar-refractivity contribution in [2.45, 2.75) is 45.6 Å². The molecule has 0 amide bonds. The summed E-state index contributed by atoms with van der Waals surface area (Å²) in [5.74, 6) is 0.653. The summed E-state index contributed by atoms with van der Waals surface area (Å²) in [5, 5.41) is 19.3. The second kappa shape index (κ2) is 3.91. The Hall–Kier alpha value is -0.340. The van der Waals surface area contributed by atoms with E-state index in [-0.39, 0.29) is 24.0 Å². The van der Waals surface area contributed by atoms with Crippen molar-refractivity contribution in [3.8, 4) is 0 Å². The second-order valence-corrected chi connectivity index (χ2v) is 5.46. The normalized spacial score (nSPS) is 42.3. The van der Waals surface area contributed by atoms with Gasteiger partial charge in [-0.15, -0.1) is 0 Å². The summed E-state index contributed by atoms with van der Waals surface area (Å²) in [5.41, 5.74) is 1.54. The highest BCUT2D eigenvalue weighted by atomic mass is 16.3. The topological polar surface area (TPSA) is 40.5 Å². The molecule has 15 heavy (non-hydrogen) atoms. The zero-order chi connectivity index (χ0) is 11.1. The van der Waals surface area contributed by atoms with E-state index in [0.29, 0.717) is 5.92 Å². The Morgan fingerprint density at radius 1 is 1.60 bits per heavy atom. The van der Waals surface area contributed by atoms with Crippen LogP contribution in [0.25, 0.3) is 0 Å². The largest absolute Gasteiger partial charge is 0.396 e. The van der Waals surface area contributed by atoms with Gasteiger partial charge in [0.05, 0.1) is 6.10 Å². The third-order valence-electron chi connectivity index (χ3n) is 4.53. The Balaban J connectivity index is 2.22. The van der Waals surface area contributed by atoms with Gasteiger partial charge in [0.2, 0.25) is 0 Å². The number of hydrogen-bond donors (Lipinski definition) is 2. The first-order valence-corrected chi connectivity index (χ1v) is 6.09. The molecule has 2 aliphatic rings. The molecule has 0 spiro atoms. The molecule has 0 aromatic carbocycles. The smallest absolute Gasteiger partial charge is 0.0579 e. The van der Waals surface area contributed by atoms with Crippen LogP contribution in [0, 0.1) is 17.3 Å². The molecule has 0 bridgehead atoms. The van der Waals surface area contributed by atoms with Crippen molar-refractivity contribution in [1.82, 2.24) is 0 Å². The molecule has 2 heteroatoms. The lowest BCUT2D eigenvalue weighted by atomic mass is 9.63. The first-order valence-electron chi connectivity index (χ1n) is 6.09. The van der Waals surface area contributed by atoms with Crippen LogP contribution in [0.5, 0.6) is 0 Å². The molecule has 4 atom stereocenters. The summed E-state index contributed by atoms with van der Waals surface area (Å²) < 4.78 is 0. The highest BCUT2D eigenvalue weighted by molar-refractivity contribution is 5.26. The average molecular weight is 210 g/mol. The minimum absolute atomic E-state index is 0.136. The van der Waals surface area contributed by atoms with Crippen molar-refractivity contribution in [3.63, 3.8) is 0 Å². The minimum Gasteiger partial charge on any atom is -0.396 e. The first kappa shape index (κ1) is 11.2. The van der Waals surface area contributed by atoms with Crippen molar-refractivity contribution in [2.75, 3.05) is 6.61 Å². The molecule has 0 aliphatic heterocycles. The van der Waals surface area contributed by atoms with E-state index in [1.165, 1.54) is 12.0 Å². The summed E-state index contributed by atoms with van der Waals surface area (Å²) >= 11 is 0. The predicted octanol–water partition coefficient (Wildman–Crippen LogP) is 2.11. The van der Waals surface area contributed by atoms with Crippen LogP contribution in [-0.2, 0) is 0 Å². The van der Waals surface area contributed by atoms with Gasteiger partial charge in [0.1, 0.15) is 0 Å². The van der Waals surface area contributed by atoms with Gasteiger partial charge in [-0.05, 0) is 37.0 Å². The Labute approximate surface area is 92.0 Å². The standard InChI is InChI=1S/C13H22O2/c1-9(8-14)10-5-6-11-12(15)4-3-7-13(10,11)2/h5,9,11-12,14-15H,3-4,6-8H2,1-2H3/t9-,11+,12+,13-/m1/s1. The SMILES string of the molecule is C[C@H](CO)C1=CC[C@H]2[C@@H](O)CCC[C@]12C. The first-order chi connectivity index (χ1) is 7.09. The van der Waals surface area contributed by atoms with E-state index in [1.807, 2.05) is 0 Å². The molecule has 0 aromatic rings. The third-order valence-corrected chi connectivity index (χ3v) is 4.53. The maximum Gasteiger partial charge on any atom is 0.0579 e. The summed E-state index contributed by atoms with van der Waals surface area (Å²) in [6.07, 6.45) is 6.37. The van der Waals surface area contributed by atoms with Gasteiger partial charge in [0.25, 0.3) is 0 Å². The summed E-state index contributed by atoms with van der Waals surface area (Å²) in [4.78, 5) is 0. The van der Waals surface area contributed by atoms with Crippen molar-refractivity contribution in [3.05, 3.63) is 11.6 Å². The van der Waals surface area contributed by atoms with Crippen molar-refractivity contribution >= 4 is 0 Å². The van der Waals surface area contributed by atoms with Crippen LogP contribution in [-0.4, -0.2) is 22.9 Å². The van der Waals surface area contributed by atoms with Crippen LogP contribution < -0.4 is 0 Å². The maximum absolute atomic E-state index is 10.0. The minimum atomic E-state index is -0.136. The summed E-state index contributed by atoms with van der Waals surface area (Å²) in [7, 11) is 0. The molecule has 86 valence electrons. The van der Waals surface area contributed by atoms with Crippen LogP contribution in [0.1, 0.15) is 39.5 Å². The molecular formula is C13H22O2. The molecule has 2 nitrogen and oxygen atoms in total. The Kier molecular flexibility index (Phi) is 2.91. The highest BCUT2D eigenvalue weighted by Gasteiger charge is 2.47. The van der Waals surface area contributed by atoms with Crippen molar-refractivity contribution in [2.24, 2.45) is 17.3 Å². The van der Waals surface area contributed by atoms with E-state index in [9.17, 15) is 10.2 Å². The van der Waals surface area contributed by atoms with E-state index in [1.54, 1.807) is 0 Å². The fourth-order valence-electron chi connectivity index (χ4n) is 3.61. The molecular weight excluding hydrogens is 188 g/mol. The Bertz CT molecular complexity index is 272.